The van der Waals surface area contributed by atoms with E-state index in [9.17, 15) is 4.79 Å². The predicted octanol–water partition coefficient (Wildman–Crippen LogP) is 0.747. The Kier molecular flexibility index (Phi) is 3.20. The number of para-hydroxylation sites is 1. The van der Waals surface area contributed by atoms with Crippen molar-refractivity contribution in [1.29, 1.82) is 0 Å². The van der Waals surface area contributed by atoms with E-state index in [2.05, 4.69) is 5.10 Å². The van der Waals surface area contributed by atoms with Crippen LogP contribution in [0.5, 0.6) is 0 Å². The van der Waals surface area contributed by atoms with Crippen molar-refractivity contribution in [2.24, 2.45) is 11.5 Å². The third-order valence-electron chi connectivity index (χ3n) is 2.47. The molecular formula is C12H14N4O. The molecule has 1 amide bonds. The van der Waals surface area contributed by atoms with Gasteiger partial charge in [0.2, 0.25) is 5.91 Å². The molecule has 0 spiro atoms. The fourth-order valence-electron chi connectivity index (χ4n) is 1.58. The second-order valence-electron chi connectivity index (χ2n) is 3.83. The van der Waals surface area contributed by atoms with E-state index in [0.717, 1.165) is 11.3 Å². The first kappa shape index (κ1) is 11.3. The van der Waals surface area contributed by atoms with Gasteiger partial charge in [0.1, 0.15) is 0 Å². The zero-order valence-corrected chi connectivity index (χ0v) is 9.28. The van der Waals surface area contributed by atoms with E-state index in [1.165, 1.54) is 0 Å². The normalized spacial score (nSPS) is 12.3. The Labute approximate surface area is 99.0 Å². The fourth-order valence-corrected chi connectivity index (χ4v) is 1.58. The number of amides is 1. The van der Waals surface area contributed by atoms with E-state index in [0.29, 0.717) is 0 Å². The van der Waals surface area contributed by atoms with Crippen LogP contribution < -0.4 is 11.5 Å². The summed E-state index contributed by atoms with van der Waals surface area (Å²) in [6.07, 6.45) is 3.59. The van der Waals surface area contributed by atoms with Crippen molar-refractivity contribution in [2.45, 2.75) is 12.5 Å². The summed E-state index contributed by atoms with van der Waals surface area (Å²) >= 11 is 0. The summed E-state index contributed by atoms with van der Waals surface area (Å²) in [6, 6.07) is 9.28. The number of benzene rings is 1. The van der Waals surface area contributed by atoms with Gasteiger partial charge in [0.15, 0.2) is 0 Å². The van der Waals surface area contributed by atoms with Gasteiger partial charge in [0.05, 0.1) is 11.9 Å². The molecule has 2 rings (SSSR count). The molecule has 5 heteroatoms. The number of rotatable bonds is 4. The lowest BCUT2D eigenvalue weighted by molar-refractivity contribution is -0.118. The molecule has 0 fully saturated rings. The molecule has 0 aliphatic heterocycles. The smallest absolute Gasteiger partial charge is 0.219 e. The van der Waals surface area contributed by atoms with Crippen LogP contribution in [-0.4, -0.2) is 15.7 Å². The number of nitrogens with two attached hydrogens (primary N) is 2. The monoisotopic (exact) mass is 230 g/mol. The molecule has 0 bridgehead atoms. The summed E-state index contributed by atoms with van der Waals surface area (Å²) in [5, 5.41) is 4.20. The van der Waals surface area contributed by atoms with Crippen LogP contribution in [0.1, 0.15) is 18.0 Å². The predicted molar refractivity (Wildman–Crippen MR) is 64.3 cm³/mol. The molecule has 1 aromatic heterocycles. The maximum Gasteiger partial charge on any atom is 0.219 e. The summed E-state index contributed by atoms with van der Waals surface area (Å²) in [6.45, 7) is 0. The average molecular weight is 230 g/mol. The van der Waals surface area contributed by atoms with Crippen LogP contribution in [0, 0.1) is 0 Å². The first-order chi connectivity index (χ1) is 8.16. The Hall–Kier alpha value is -2.14. The molecule has 88 valence electrons. The van der Waals surface area contributed by atoms with E-state index >= 15 is 0 Å². The van der Waals surface area contributed by atoms with Crippen molar-refractivity contribution in [3.8, 4) is 5.69 Å². The van der Waals surface area contributed by atoms with Crippen LogP contribution in [0.3, 0.4) is 0 Å². The van der Waals surface area contributed by atoms with Crippen molar-refractivity contribution >= 4 is 5.91 Å². The Morgan fingerprint density at radius 3 is 2.71 bits per heavy atom. The molecule has 1 aromatic carbocycles. The van der Waals surface area contributed by atoms with E-state index in [-0.39, 0.29) is 6.42 Å². The highest BCUT2D eigenvalue weighted by atomic mass is 16.1. The van der Waals surface area contributed by atoms with E-state index < -0.39 is 11.9 Å². The molecule has 2 aromatic rings. The van der Waals surface area contributed by atoms with Gasteiger partial charge in [0, 0.05) is 24.2 Å². The van der Waals surface area contributed by atoms with E-state index in [1.807, 2.05) is 36.5 Å². The Balaban J connectivity index is 2.19. The molecule has 0 saturated heterocycles. The maximum atomic E-state index is 10.8. The van der Waals surface area contributed by atoms with Crippen LogP contribution in [0.15, 0.2) is 42.7 Å². The molecule has 17 heavy (non-hydrogen) atoms. The quantitative estimate of drug-likeness (QED) is 0.812. The highest BCUT2D eigenvalue weighted by Crippen LogP contribution is 2.15. The standard InChI is InChI=1S/C12H14N4O/c13-11(6-12(14)17)9-7-15-16(8-9)10-4-2-1-3-5-10/h1-5,7-8,11H,6,13H2,(H2,14,17). The summed E-state index contributed by atoms with van der Waals surface area (Å²) < 4.78 is 1.72. The molecule has 0 radical (unpaired) electrons. The Morgan fingerprint density at radius 1 is 1.35 bits per heavy atom. The van der Waals surface area contributed by atoms with Crippen LogP contribution in [-0.2, 0) is 4.79 Å². The minimum atomic E-state index is -0.412. The highest BCUT2D eigenvalue weighted by molar-refractivity contribution is 5.74. The molecule has 1 unspecified atom stereocenters. The summed E-state index contributed by atoms with van der Waals surface area (Å²) in [5.74, 6) is -0.412. The number of carbonyl (C=O) groups excluding carboxylic acids is 1. The first-order valence-corrected chi connectivity index (χ1v) is 5.30. The van der Waals surface area contributed by atoms with Crippen LogP contribution in [0.4, 0.5) is 0 Å². The van der Waals surface area contributed by atoms with Gasteiger partial charge in [-0.1, -0.05) is 18.2 Å². The zero-order valence-electron chi connectivity index (χ0n) is 9.28. The van der Waals surface area contributed by atoms with Gasteiger partial charge in [-0.3, -0.25) is 4.79 Å². The van der Waals surface area contributed by atoms with Crippen molar-refractivity contribution in [1.82, 2.24) is 9.78 Å². The number of carbonyl (C=O) groups is 1. The van der Waals surface area contributed by atoms with Crippen molar-refractivity contribution < 1.29 is 4.79 Å². The van der Waals surface area contributed by atoms with Gasteiger partial charge in [-0.25, -0.2) is 4.68 Å². The number of hydrogen-bond acceptors (Lipinski definition) is 3. The van der Waals surface area contributed by atoms with Crippen LogP contribution >= 0.6 is 0 Å². The summed E-state index contributed by atoms with van der Waals surface area (Å²) in [4.78, 5) is 10.8. The third-order valence-corrected chi connectivity index (χ3v) is 2.47. The van der Waals surface area contributed by atoms with Gasteiger partial charge >= 0.3 is 0 Å². The largest absolute Gasteiger partial charge is 0.370 e. The van der Waals surface area contributed by atoms with Gasteiger partial charge in [0.25, 0.3) is 0 Å². The molecule has 0 aliphatic rings. The molecule has 1 heterocycles. The minimum absolute atomic E-state index is 0.125. The molecule has 4 N–H and O–H groups in total. The number of nitrogens with zero attached hydrogens (tertiary/aromatic N) is 2. The number of hydrogen-bond donors (Lipinski definition) is 2. The van der Waals surface area contributed by atoms with E-state index in [4.69, 9.17) is 11.5 Å². The van der Waals surface area contributed by atoms with Crippen molar-refractivity contribution in [3.63, 3.8) is 0 Å². The molecular weight excluding hydrogens is 216 g/mol. The van der Waals surface area contributed by atoms with Gasteiger partial charge < -0.3 is 11.5 Å². The van der Waals surface area contributed by atoms with Crippen LogP contribution in [0.2, 0.25) is 0 Å². The zero-order chi connectivity index (χ0) is 12.3. The van der Waals surface area contributed by atoms with Crippen molar-refractivity contribution in [2.75, 3.05) is 0 Å². The highest BCUT2D eigenvalue weighted by Gasteiger charge is 2.11. The van der Waals surface area contributed by atoms with Gasteiger partial charge in [-0.15, -0.1) is 0 Å². The second kappa shape index (κ2) is 4.80. The molecule has 0 aliphatic carbocycles. The first-order valence-electron chi connectivity index (χ1n) is 5.30. The maximum absolute atomic E-state index is 10.8. The Bertz CT molecular complexity index is 506. The topological polar surface area (TPSA) is 86.9 Å². The average Bonchev–Trinajstić information content (AvgIpc) is 2.78. The second-order valence-corrected chi connectivity index (χ2v) is 3.83. The van der Waals surface area contributed by atoms with Crippen LogP contribution in [0.25, 0.3) is 5.69 Å². The third kappa shape index (κ3) is 2.70. The summed E-state index contributed by atoms with van der Waals surface area (Å²) in [5.41, 5.74) is 12.7. The Morgan fingerprint density at radius 2 is 2.06 bits per heavy atom. The molecule has 0 saturated carbocycles. The van der Waals surface area contributed by atoms with Gasteiger partial charge in [-0.05, 0) is 12.1 Å². The lowest BCUT2D eigenvalue weighted by atomic mass is 10.1. The molecule has 5 nitrogen and oxygen atoms in total. The van der Waals surface area contributed by atoms with E-state index in [1.54, 1.807) is 10.9 Å². The minimum Gasteiger partial charge on any atom is -0.370 e. The van der Waals surface area contributed by atoms with Crippen molar-refractivity contribution in [3.05, 3.63) is 48.3 Å². The molecule has 1 atom stereocenters. The fraction of sp³-hybridized carbons (Fsp3) is 0.167. The number of aromatic nitrogens is 2. The lowest BCUT2D eigenvalue weighted by Gasteiger charge is -2.05. The summed E-state index contributed by atoms with van der Waals surface area (Å²) in [7, 11) is 0. The lowest BCUT2D eigenvalue weighted by Crippen LogP contribution is -2.20. The SMILES string of the molecule is NC(=O)CC(N)c1cnn(-c2ccccc2)c1. The van der Waals surface area contributed by atoms with Gasteiger partial charge in [-0.2, -0.15) is 5.10 Å². The number of primary amides is 1.